The Hall–Kier alpha value is -1.69. The van der Waals surface area contributed by atoms with Gasteiger partial charge in [-0.25, -0.2) is 0 Å². The van der Waals surface area contributed by atoms with Crippen molar-refractivity contribution in [3.63, 3.8) is 0 Å². The van der Waals surface area contributed by atoms with Crippen LogP contribution >= 0.6 is 35.0 Å². The molecule has 2 atom stereocenters. The van der Waals surface area contributed by atoms with Gasteiger partial charge in [0.2, 0.25) is 10.8 Å². The number of anilines is 2. The van der Waals surface area contributed by atoms with E-state index in [-0.39, 0.29) is 17.1 Å². The molecule has 0 saturated carbocycles. The molecule has 2 aromatic carbocycles. The first-order valence-corrected chi connectivity index (χ1v) is 8.96. The van der Waals surface area contributed by atoms with E-state index in [4.69, 9.17) is 23.2 Å². The van der Waals surface area contributed by atoms with Crippen LogP contribution in [0.25, 0.3) is 0 Å². The minimum atomic E-state index is -1.12. The molecule has 2 amide bonds. The number of thioether (sulfide) groups is 1. The third-order valence-corrected chi connectivity index (χ3v) is 6.46. The quantitative estimate of drug-likeness (QED) is 0.805. The first-order chi connectivity index (χ1) is 11.4. The fraction of sp³-hybridized carbons (Fsp3) is 0.176. The molecule has 0 radical (unpaired) electrons. The average Bonchev–Trinajstić information content (AvgIpc) is 2.98. The summed E-state index contributed by atoms with van der Waals surface area (Å²) in [4.78, 5) is 26.2. The van der Waals surface area contributed by atoms with Crippen molar-refractivity contribution in [1.29, 1.82) is 0 Å². The number of amides is 2. The summed E-state index contributed by atoms with van der Waals surface area (Å²) in [5.74, 6) is -0.359. The van der Waals surface area contributed by atoms with Crippen LogP contribution in [0.2, 0.25) is 10.0 Å². The maximum Gasteiger partial charge on any atom is 0.266 e. The maximum atomic E-state index is 12.9. The van der Waals surface area contributed by atoms with Crippen molar-refractivity contribution in [3.8, 4) is 0 Å². The summed E-state index contributed by atoms with van der Waals surface area (Å²) in [6.45, 7) is 1.81. The SMILES string of the molecule is C[C@H]1S[C@]2(C(=O)Nc3ccccc32)N(c2ccc(Cl)c(Cl)c2)C1=O. The van der Waals surface area contributed by atoms with Crippen molar-refractivity contribution in [1.82, 2.24) is 0 Å². The number of fused-ring (bicyclic) bond motifs is 2. The lowest BCUT2D eigenvalue weighted by Crippen LogP contribution is -2.47. The van der Waals surface area contributed by atoms with Gasteiger partial charge in [0.15, 0.2) is 0 Å². The Kier molecular flexibility index (Phi) is 3.56. The van der Waals surface area contributed by atoms with Crippen LogP contribution < -0.4 is 10.2 Å². The van der Waals surface area contributed by atoms with Crippen LogP contribution in [0.4, 0.5) is 11.4 Å². The van der Waals surface area contributed by atoms with Gasteiger partial charge < -0.3 is 5.32 Å². The van der Waals surface area contributed by atoms with Gasteiger partial charge >= 0.3 is 0 Å². The molecule has 4 rings (SSSR count). The van der Waals surface area contributed by atoms with E-state index in [9.17, 15) is 9.59 Å². The van der Waals surface area contributed by atoms with Crippen LogP contribution in [0, 0.1) is 0 Å². The monoisotopic (exact) mass is 378 g/mol. The second-order valence-electron chi connectivity index (χ2n) is 5.68. The second-order valence-corrected chi connectivity index (χ2v) is 8.02. The first-order valence-electron chi connectivity index (χ1n) is 7.33. The lowest BCUT2D eigenvalue weighted by Gasteiger charge is -2.32. The molecule has 0 aromatic heterocycles. The van der Waals surface area contributed by atoms with Crippen LogP contribution in [-0.4, -0.2) is 17.1 Å². The molecule has 1 saturated heterocycles. The number of hydrogen-bond acceptors (Lipinski definition) is 3. The fourth-order valence-corrected chi connectivity index (χ4v) is 4.96. The Bertz CT molecular complexity index is 889. The Morgan fingerprint density at radius 1 is 1.12 bits per heavy atom. The summed E-state index contributed by atoms with van der Waals surface area (Å²) < 4.78 is 0. The highest BCUT2D eigenvalue weighted by Crippen LogP contribution is 2.56. The summed E-state index contributed by atoms with van der Waals surface area (Å²) in [6, 6.07) is 12.4. The molecule has 0 unspecified atom stereocenters. The molecule has 0 aliphatic carbocycles. The lowest BCUT2D eigenvalue weighted by atomic mass is 10.0. The number of benzene rings is 2. The average molecular weight is 379 g/mol. The number of carbonyl (C=O) groups excluding carboxylic acids is 2. The Labute approximate surface area is 153 Å². The molecular weight excluding hydrogens is 367 g/mol. The summed E-state index contributed by atoms with van der Waals surface area (Å²) in [7, 11) is 0. The van der Waals surface area contributed by atoms with E-state index in [1.807, 2.05) is 24.3 Å². The van der Waals surface area contributed by atoms with Crippen molar-refractivity contribution >= 4 is 58.2 Å². The number of nitrogens with zero attached hydrogens (tertiary/aromatic N) is 1. The van der Waals surface area contributed by atoms with Crippen LogP contribution in [0.15, 0.2) is 42.5 Å². The topological polar surface area (TPSA) is 49.4 Å². The van der Waals surface area contributed by atoms with Crippen molar-refractivity contribution in [3.05, 3.63) is 58.1 Å². The zero-order valence-electron chi connectivity index (χ0n) is 12.5. The van der Waals surface area contributed by atoms with Gasteiger partial charge in [0.1, 0.15) is 0 Å². The highest BCUT2D eigenvalue weighted by atomic mass is 35.5. The molecule has 2 aliphatic heterocycles. The Morgan fingerprint density at radius 3 is 2.62 bits per heavy atom. The van der Waals surface area contributed by atoms with Gasteiger partial charge in [0, 0.05) is 16.9 Å². The van der Waals surface area contributed by atoms with Crippen LogP contribution in [0.3, 0.4) is 0 Å². The third-order valence-electron chi connectivity index (χ3n) is 4.24. The molecule has 24 heavy (non-hydrogen) atoms. The molecule has 2 aromatic rings. The maximum absolute atomic E-state index is 12.9. The number of nitrogens with one attached hydrogen (secondary N) is 1. The molecule has 4 nitrogen and oxygen atoms in total. The number of hydrogen-bond donors (Lipinski definition) is 1. The lowest BCUT2D eigenvalue weighted by molar-refractivity contribution is -0.122. The molecule has 7 heteroatoms. The third kappa shape index (κ3) is 2.01. The van der Waals surface area contributed by atoms with Gasteiger partial charge in [-0.2, -0.15) is 0 Å². The molecule has 2 heterocycles. The van der Waals surface area contributed by atoms with Gasteiger partial charge in [0.25, 0.3) is 5.91 Å². The minimum Gasteiger partial charge on any atom is -0.323 e. The predicted octanol–water partition coefficient (Wildman–Crippen LogP) is 4.27. The summed E-state index contributed by atoms with van der Waals surface area (Å²) in [5, 5.41) is 3.28. The molecule has 1 N–H and O–H groups in total. The van der Waals surface area contributed by atoms with E-state index in [1.165, 1.54) is 16.7 Å². The first kappa shape index (κ1) is 15.8. The zero-order valence-corrected chi connectivity index (χ0v) is 14.9. The smallest absolute Gasteiger partial charge is 0.266 e. The van der Waals surface area contributed by atoms with Gasteiger partial charge in [-0.15, -0.1) is 11.8 Å². The van der Waals surface area contributed by atoms with Crippen molar-refractivity contribution < 1.29 is 9.59 Å². The molecule has 1 spiro atoms. The highest BCUT2D eigenvalue weighted by molar-refractivity contribution is 8.03. The van der Waals surface area contributed by atoms with E-state index in [0.29, 0.717) is 15.7 Å². The van der Waals surface area contributed by atoms with Crippen molar-refractivity contribution in [2.45, 2.75) is 17.0 Å². The molecule has 122 valence electrons. The van der Waals surface area contributed by atoms with Gasteiger partial charge in [-0.1, -0.05) is 41.4 Å². The predicted molar refractivity (Wildman–Crippen MR) is 97.8 cm³/mol. The van der Waals surface area contributed by atoms with Crippen LogP contribution in [0.1, 0.15) is 12.5 Å². The molecule has 0 bridgehead atoms. The zero-order chi connectivity index (χ0) is 17.1. The minimum absolute atomic E-state index is 0.134. The largest absolute Gasteiger partial charge is 0.323 e. The van der Waals surface area contributed by atoms with Gasteiger partial charge in [-0.3, -0.25) is 14.5 Å². The van der Waals surface area contributed by atoms with E-state index in [0.717, 1.165) is 11.3 Å². The summed E-state index contributed by atoms with van der Waals surface area (Å²) >= 11 is 13.5. The normalized spacial score (nSPS) is 25.3. The van der Waals surface area contributed by atoms with Gasteiger partial charge in [-0.05, 0) is 31.2 Å². The summed E-state index contributed by atoms with van der Waals surface area (Å²) in [5.41, 5.74) is 2.06. The second kappa shape index (κ2) is 5.41. The van der Waals surface area contributed by atoms with Crippen LogP contribution in [0.5, 0.6) is 0 Å². The highest BCUT2D eigenvalue weighted by Gasteiger charge is 2.60. The summed E-state index contributed by atoms with van der Waals surface area (Å²) in [6.07, 6.45) is 0. The van der Waals surface area contributed by atoms with Crippen molar-refractivity contribution in [2.24, 2.45) is 0 Å². The van der Waals surface area contributed by atoms with Gasteiger partial charge in [0.05, 0.1) is 15.3 Å². The fourth-order valence-electron chi connectivity index (χ4n) is 3.19. The standard InChI is InChI=1S/C17H12Cl2N2O2S/c1-9-15(22)21(10-6-7-12(18)13(19)8-10)17(24-9)11-4-2-3-5-14(11)20-16(17)23/h2-9H,1H3,(H,20,23)/t9-,17-/m1/s1. The number of halogens is 2. The molecular formula is C17H12Cl2N2O2S. The van der Waals surface area contributed by atoms with E-state index in [2.05, 4.69) is 5.32 Å². The Balaban J connectivity index is 1.95. The van der Waals surface area contributed by atoms with E-state index < -0.39 is 4.87 Å². The van der Waals surface area contributed by atoms with E-state index in [1.54, 1.807) is 25.1 Å². The van der Waals surface area contributed by atoms with Crippen LogP contribution in [-0.2, 0) is 14.5 Å². The molecule has 2 aliphatic rings. The van der Waals surface area contributed by atoms with E-state index >= 15 is 0 Å². The molecule has 1 fully saturated rings. The van der Waals surface area contributed by atoms with Crippen molar-refractivity contribution in [2.75, 3.05) is 10.2 Å². The number of para-hydroxylation sites is 1. The number of rotatable bonds is 1. The number of carbonyl (C=O) groups is 2. The Morgan fingerprint density at radius 2 is 1.88 bits per heavy atom.